The number of benzene rings is 2. The van der Waals surface area contributed by atoms with Crippen LogP contribution >= 0.6 is 11.3 Å². The highest BCUT2D eigenvalue weighted by molar-refractivity contribution is 7.14. The molecule has 7 heteroatoms. The van der Waals surface area contributed by atoms with Crippen molar-refractivity contribution in [3.05, 3.63) is 65.0 Å². The molecule has 1 amide bonds. The summed E-state index contributed by atoms with van der Waals surface area (Å²) < 4.78 is 10.7. The number of aromatic nitrogens is 1. The van der Waals surface area contributed by atoms with Gasteiger partial charge in [-0.3, -0.25) is 4.79 Å². The molecule has 0 bridgehead atoms. The first kappa shape index (κ1) is 20.5. The summed E-state index contributed by atoms with van der Waals surface area (Å²) in [5, 5.41) is 5.29. The number of hydrogen-bond acceptors (Lipinski definition) is 6. The van der Waals surface area contributed by atoms with E-state index in [2.05, 4.69) is 10.3 Å². The summed E-state index contributed by atoms with van der Waals surface area (Å²) in [5.41, 5.74) is 3.03. The van der Waals surface area contributed by atoms with Crippen LogP contribution < -0.4 is 10.1 Å². The Morgan fingerprint density at radius 3 is 2.59 bits per heavy atom. The van der Waals surface area contributed by atoms with Crippen LogP contribution in [-0.4, -0.2) is 24.0 Å². The zero-order valence-electron chi connectivity index (χ0n) is 16.3. The predicted molar refractivity (Wildman–Crippen MR) is 113 cm³/mol. The van der Waals surface area contributed by atoms with E-state index >= 15 is 0 Å². The number of hydrogen-bond donors (Lipinski definition) is 1. The average molecular weight is 410 g/mol. The number of nitrogens with zero attached hydrogens (tertiary/aromatic N) is 1. The van der Waals surface area contributed by atoms with Gasteiger partial charge in [-0.1, -0.05) is 31.2 Å². The Balaban J connectivity index is 1.70. The molecule has 6 nitrogen and oxygen atoms in total. The monoisotopic (exact) mass is 410 g/mol. The Morgan fingerprint density at radius 1 is 1.10 bits per heavy atom. The van der Waals surface area contributed by atoms with Crippen molar-refractivity contribution in [2.24, 2.45) is 0 Å². The number of thiazole rings is 1. The number of methoxy groups -OCH3 is 1. The molecule has 0 saturated carbocycles. The Kier molecular flexibility index (Phi) is 6.97. The lowest BCUT2D eigenvalue weighted by atomic mass is 10.1. The van der Waals surface area contributed by atoms with E-state index in [9.17, 15) is 9.59 Å². The maximum atomic E-state index is 11.8. The second-order valence-electron chi connectivity index (χ2n) is 6.31. The largest absolute Gasteiger partial charge is 0.488 e. The quantitative estimate of drug-likeness (QED) is 0.534. The third-order valence-electron chi connectivity index (χ3n) is 4.16. The zero-order valence-corrected chi connectivity index (χ0v) is 17.1. The number of rotatable bonds is 8. The van der Waals surface area contributed by atoms with Crippen molar-refractivity contribution in [3.63, 3.8) is 0 Å². The molecule has 2 aromatic carbocycles. The van der Waals surface area contributed by atoms with Crippen molar-refractivity contribution in [2.45, 2.75) is 26.4 Å². The molecule has 3 rings (SSSR count). The van der Waals surface area contributed by atoms with Crippen LogP contribution in [0.15, 0.2) is 53.9 Å². The van der Waals surface area contributed by atoms with Crippen LogP contribution in [0, 0.1) is 0 Å². The molecule has 0 atom stereocenters. The van der Waals surface area contributed by atoms with Crippen LogP contribution in [0.3, 0.4) is 0 Å². The Bertz CT molecular complexity index is 982. The number of esters is 1. The molecule has 0 aliphatic carbocycles. The molecular formula is C22H22N2O4S. The van der Waals surface area contributed by atoms with Gasteiger partial charge in [0.25, 0.3) is 0 Å². The standard InChI is InChI=1S/C22H22N2O4S/c1-3-6-20(25)24-22-23-18(14-29-22)17-7-4-5-8-19(17)28-13-15-9-11-16(12-10-15)21(26)27-2/h4-5,7-12,14H,3,6,13H2,1-2H3,(H,23,24,25). The maximum Gasteiger partial charge on any atom is 0.337 e. The number of carbonyl (C=O) groups is 2. The fourth-order valence-electron chi connectivity index (χ4n) is 2.68. The second kappa shape index (κ2) is 9.84. The first-order valence-electron chi connectivity index (χ1n) is 9.25. The van der Waals surface area contributed by atoms with Crippen LogP contribution in [0.4, 0.5) is 5.13 Å². The van der Waals surface area contributed by atoms with Crippen LogP contribution in [0.2, 0.25) is 0 Å². The number of carbonyl (C=O) groups excluding carboxylic acids is 2. The molecule has 0 fully saturated rings. The van der Waals surface area contributed by atoms with Gasteiger partial charge >= 0.3 is 5.97 Å². The van der Waals surface area contributed by atoms with E-state index in [0.29, 0.717) is 29.5 Å². The van der Waals surface area contributed by atoms with Crippen molar-refractivity contribution in [3.8, 4) is 17.0 Å². The summed E-state index contributed by atoms with van der Waals surface area (Å²) in [5.74, 6) is 0.294. The number of ether oxygens (including phenoxy) is 2. The molecule has 1 heterocycles. The van der Waals surface area contributed by atoms with Gasteiger partial charge in [-0.05, 0) is 36.2 Å². The molecule has 1 N–H and O–H groups in total. The summed E-state index contributed by atoms with van der Waals surface area (Å²) in [6.45, 7) is 2.31. The van der Waals surface area contributed by atoms with Gasteiger partial charge < -0.3 is 14.8 Å². The van der Waals surface area contributed by atoms with E-state index in [1.807, 2.05) is 48.7 Å². The molecule has 0 radical (unpaired) electrons. The van der Waals surface area contributed by atoms with Gasteiger partial charge in [-0.2, -0.15) is 0 Å². The number of anilines is 1. The normalized spacial score (nSPS) is 10.4. The molecule has 1 aromatic heterocycles. The molecule has 0 aliphatic heterocycles. The van der Waals surface area contributed by atoms with Crippen LogP contribution in [0.5, 0.6) is 5.75 Å². The topological polar surface area (TPSA) is 77.5 Å². The van der Waals surface area contributed by atoms with Gasteiger partial charge in [0.2, 0.25) is 5.91 Å². The highest BCUT2D eigenvalue weighted by Crippen LogP contribution is 2.32. The Hall–Kier alpha value is -3.19. The maximum absolute atomic E-state index is 11.8. The fraction of sp³-hybridized carbons (Fsp3) is 0.227. The van der Waals surface area contributed by atoms with E-state index in [1.165, 1.54) is 18.4 Å². The minimum Gasteiger partial charge on any atom is -0.488 e. The van der Waals surface area contributed by atoms with Gasteiger partial charge in [-0.25, -0.2) is 9.78 Å². The smallest absolute Gasteiger partial charge is 0.337 e. The molecule has 0 unspecified atom stereocenters. The highest BCUT2D eigenvalue weighted by atomic mass is 32.1. The van der Waals surface area contributed by atoms with Gasteiger partial charge in [0, 0.05) is 17.4 Å². The first-order chi connectivity index (χ1) is 14.1. The van der Waals surface area contributed by atoms with Gasteiger partial charge in [0.05, 0.1) is 18.4 Å². The first-order valence-corrected chi connectivity index (χ1v) is 10.1. The van der Waals surface area contributed by atoms with Crippen LogP contribution in [0.1, 0.15) is 35.7 Å². The van der Waals surface area contributed by atoms with Crippen LogP contribution in [-0.2, 0) is 16.1 Å². The lowest BCUT2D eigenvalue weighted by Gasteiger charge is -2.10. The van der Waals surface area contributed by atoms with Gasteiger partial charge in [0.1, 0.15) is 12.4 Å². The van der Waals surface area contributed by atoms with Crippen molar-refractivity contribution >= 4 is 28.3 Å². The van der Waals surface area contributed by atoms with Crippen molar-refractivity contribution in [2.75, 3.05) is 12.4 Å². The third kappa shape index (κ3) is 5.42. The molecule has 0 aliphatic rings. The molecule has 0 saturated heterocycles. The molecular weight excluding hydrogens is 388 g/mol. The summed E-state index contributed by atoms with van der Waals surface area (Å²) in [4.78, 5) is 27.8. The SMILES string of the molecule is CCCC(=O)Nc1nc(-c2ccccc2OCc2ccc(C(=O)OC)cc2)cs1. The van der Waals surface area contributed by atoms with E-state index < -0.39 is 0 Å². The van der Waals surface area contributed by atoms with Crippen molar-refractivity contribution in [1.29, 1.82) is 0 Å². The van der Waals surface area contributed by atoms with Gasteiger partial charge in [-0.15, -0.1) is 11.3 Å². The summed E-state index contributed by atoms with van der Waals surface area (Å²) in [6.07, 6.45) is 1.27. The van der Waals surface area contributed by atoms with E-state index in [0.717, 1.165) is 23.2 Å². The number of amides is 1. The summed E-state index contributed by atoms with van der Waals surface area (Å²) in [7, 11) is 1.36. The number of nitrogens with one attached hydrogen (secondary N) is 1. The summed E-state index contributed by atoms with van der Waals surface area (Å²) in [6, 6.07) is 14.7. The second-order valence-corrected chi connectivity index (χ2v) is 7.17. The minimum absolute atomic E-state index is 0.0339. The fourth-order valence-corrected chi connectivity index (χ4v) is 3.41. The molecule has 29 heavy (non-hydrogen) atoms. The Morgan fingerprint density at radius 2 is 1.86 bits per heavy atom. The lowest BCUT2D eigenvalue weighted by molar-refractivity contribution is -0.116. The molecule has 0 spiro atoms. The number of para-hydroxylation sites is 1. The lowest BCUT2D eigenvalue weighted by Crippen LogP contribution is -2.10. The van der Waals surface area contributed by atoms with Crippen molar-refractivity contribution < 1.29 is 19.1 Å². The highest BCUT2D eigenvalue weighted by Gasteiger charge is 2.12. The summed E-state index contributed by atoms with van der Waals surface area (Å²) >= 11 is 1.39. The average Bonchev–Trinajstić information content (AvgIpc) is 3.20. The zero-order chi connectivity index (χ0) is 20.6. The van der Waals surface area contributed by atoms with E-state index in [-0.39, 0.29) is 11.9 Å². The Labute approximate surface area is 173 Å². The van der Waals surface area contributed by atoms with Gasteiger partial charge in [0.15, 0.2) is 5.13 Å². The van der Waals surface area contributed by atoms with E-state index in [4.69, 9.17) is 9.47 Å². The van der Waals surface area contributed by atoms with E-state index in [1.54, 1.807) is 12.1 Å². The van der Waals surface area contributed by atoms with Crippen molar-refractivity contribution in [1.82, 2.24) is 4.98 Å². The molecule has 150 valence electrons. The molecule has 3 aromatic rings. The third-order valence-corrected chi connectivity index (χ3v) is 4.92. The van der Waals surface area contributed by atoms with Crippen LogP contribution in [0.25, 0.3) is 11.3 Å². The predicted octanol–water partition coefficient (Wildman–Crippen LogP) is 4.91. The minimum atomic E-state index is -0.367.